The lowest BCUT2D eigenvalue weighted by Crippen LogP contribution is -2.42. The predicted molar refractivity (Wildman–Crippen MR) is 108 cm³/mol. The molecule has 0 spiro atoms. The fraction of sp³-hybridized carbons (Fsp3) is 0.455. The second-order valence-corrected chi connectivity index (χ2v) is 8.79. The molecular formula is C22H26BrF2NO. The Bertz CT molecular complexity index is 769. The van der Waals surface area contributed by atoms with E-state index >= 15 is 0 Å². The van der Waals surface area contributed by atoms with Gasteiger partial charge in [-0.1, -0.05) is 24.3 Å². The van der Waals surface area contributed by atoms with E-state index in [1.165, 1.54) is 17.2 Å². The molecule has 0 saturated heterocycles. The zero-order valence-electron chi connectivity index (χ0n) is 15.8. The highest BCUT2D eigenvalue weighted by Gasteiger charge is 2.27. The van der Waals surface area contributed by atoms with Crippen molar-refractivity contribution in [2.75, 3.05) is 13.2 Å². The van der Waals surface area contributed by atoms with Crippen molar-refractivity contribution in [3.63, 3.8) is 0 Å². The van der Waals surface area contributed by atoms with Gasteiger partial charge in [0, 0.05) is 5.54 Å². The van der Waals surface area contributed by atoms with Crippen LogP contribution in [0.25, 0.3) is 0 Å². The zero-order chi connectivity index (χ0) is 19.4. The van der Waals surface area contributed by atoms with Gasteiger partial charge in [0.2, 0.25) is 5.82 Å². The summed E-state index contributed by atoms with van der Waals surface area (Å²) in [5.41, 5.74) is 2.99. The Kier molecular flexibility index (Phi) is 6.53. The smallest absolute Gasteiger partial charge is 0.201 e. The van der Waals surface area contributed by atoms with Gasteiger partial charge in [-0.25, -0.2) is 4.39 Å². The summed E-state index contributed by atoms with van der Waals surface area (Å²) in [5, 5.41) is 3.58. The molecule has 27 heavy (non-hydrogen) atoms. The van der Waals surface area contributed by atoms with Crippen LogP contribution in [0.5, 0.6) is 5.75 Å². The number of benzene rings is 2. The average molecular weight is 438 g/mol. The van der Waals surface area contributed by atoms with Gasteiger partial charge in [-0.05, 0) is 91.2 Å². The molecule has 0 heterocycles. The van der Waals surface area contributed by atoms with Crippen molar-refractivity contribution in [2.45, 2.75) is 45.1 Å². The predicted octanol–water partition coefficient (Wildman–Crippen LogP) is 5.67. The Morgan fingerprint density at radius 2 is 1.78 bits per heavy atom. The topological polar surface area (TPSA) is 21.3 Å². The summed E-state index contributed by atoms with van der Waals surface area (Å²) in [6, 6.07) is 11.2. The molecule has 0 aliphatic heterocycles. The third kappa shape index (κ3) is 5.29. The molecule has 2 nitrogen and oxygen atoms in total. The van der Waals surface area contributed by atoms with Crippen LogP contribution in [0.3, 0.4) is 0 Å². The molecule has 1 aliphatic rings. The molecule has 0 saturated carbocycles. The fourth-order valence-electron chi connectivity index (χ4n) is 3.90. The molecule has 2 aromatic carbocycles. The first-order chi connectivity index (χ1) is 12.9. The molecule has 0 unspecified atom stereocenters. The van der Waals surface area contributed by atoms with Crippen LogP contribution < -0.4 is 10.1 Å². The normalized spacial score (nSPS) is 14.4. The Morgan fingerprint density at radius 3 is 2.44 bits per heavy atom. The van der Waals surface area contributed by atoms with Gasteiger partial charge in [-0.15, -0.1) is 0 Å². The Balaban J connectivity index is 1.41. The van der Waals surface area contributed by atoms with Crippen molar-refractivity contribution in [1.82, 2.24) is 5.32 Å². The van der Waals surface area contributed by atoms with Crippen molar-refractivity contribution in [3.05, 3.63) is 63.6 Å². The van der Waals surface area contributed by atoms with Crippen LogP contribution in [0, 0.1) is 17.6 Å². The average Bonchev–Trinajstić information content (AvgIpc) is 3.02. The molecule has 1 N–H and O–H groups in total. The molecule has 0 bridgehead atoms. The van der Waals surface area contributed by atoms with Crippen LogP contribution in [-0.2, 0) is 12.8 Å². The van der Waals surface area contributed by atoms with E-state index in [0.29, 0.717) is 17.0 Å². The molecule has 1 aliphatic carbocycles. The van der Waals surface area contributed by atoms with Gasteiger partial charge >= 0.3 is 0 Å². The van der Waals surface area contributed by atoms with E-state index in [1.54, 1.807) is 0 Å². The van der Waals surface area contributed by atoms with E-state index in [0.717, 1.165) is 38.3 Å². The van der Waals surface area contributed by atoms with Crippen LogP contribution in [0.1, 0.15) is 37.8 Å². The highest BCUT2D eigenvalue weighted by molar-refractivity contribution is 9.10. The number of rotatable bonds is 8. The maximum atomic E-state index is 13.8. The first-order valence-electron chi connectivity index (χ1n) is 9.44. The largest absolute Gasteiger partial charge is 0.489 e. The first kappa shape index (κ1) is 20.3. The van der Waals surface area contributed by atoms with Crippen LogP contribution >= 0.6 is 15.9 Å². The fourth-order valence-corrected chi connectivity index (χ4v) is 4.32. The lowest BCUT2D eigenvalue weighted by Gasteiger charge is -2.29. The molecule has 0 fully saturated rings. The summed E-state index contributed by atoms with van der Waals surface area (Å²) in [4.78, 5) is 0. The molecule has 5 heteroatoms. The number of nitrogens with one attached hydrogen (secondary N) is 1. The summed E-state index contributed by atoms with van der Waals surface area (Å²) in [5.74, 6) is -1.24. The van der Waals surface area contributed by atoms with Crippen molar-refractivity contribution < 1.29 is 13.5 Å². The highest BCUT2D eigenvalue weighted by Crippen LogP contribution is 2.32. The molecular weight excluding hydrogens is 412 g/mol. The SMILES string of the molecule is CC(C)(CC1Cc2ccccc2C1)NCCCOc1c(Br)ccc(F)c1F. The van der Waals surface area contributed by atoms with Gasteiger partial charge in [0.15, 0.2) is 11.6 Å². The summed E-state index contributed by atoms with van der Waals surface area (Å²) in [6.07, 6.45) is 4.12. The van der Waals surface area contributed by atoms with Gasteiger partial charge in [-0.2, -0.15) is 4.39 Å². The molecule has 2 aromatic rings. The number of ether oxygens (including phenoxy) is 1. The third-order valence-corrected chi connectivity index (χ3v) is 5.73. The van der Waals surface area contributed by atoms with Crippen LogP contribution in [0.4, 0.5) is 8.78 Å². The number of hydrogen-bond acceptors (Lipinski definition) is 2. The lowest BCUT2D eigenvalue weighted by molar-refractivity contribution is 0.262. The van der Waals surface area contributed by atoms with Crippen molar-refractivity contribution in [3.8, 4) is 5.75 Å². The number of fused-ring (bicyclic) bond motifs is 1. The van der Waals surface area contributed by atoms with Crippen LogP contribution in [-0.4, -0.2) is 18.7 Å². The second kappa shape index (κ2) is 8.70. The Morgan fingerprint density at radius 1 is 1.11 bits per heavy atom. The molecule has 0 radical (unpaired) electrons. The van der Waals surface area contributed by atoms with Crippen molar-refractivity contribution in [2.24, 2.45) is 5.92 Å². The minimum atomic E-state index is -0.946. The molecule has 146 valence electrons. The first-order valence-corrected chi connectivity index (χ1v) is 10.2. The molecule has 0 amide bonds. The maximum absolute atomic E-state index is 13.8. The Labute approximate surface area is 168 Å². The minimum absolute atomic E-state index is 0.0252. The van der Waals surface area contributed by atoms with Crippen molar-refractivity contribution in [1.29, 1.82) is 0 Å². The van der Waals surface area contributed by atoms with Gasteiger partial charge in [0.1, 0.15) is 0 Å². The van der Waals surface area contributed by atoms with Crippen molar-refractivity contribution >= 4 is 15.9 Å². The molecule has 3 rings (SSSR count). The lowest BCUT2D eigenvalue weighted by atomic mass is 9.88. The summed E-state index contributed by atoms with van der Waals surface area (Å²) in [7, 11) is 0. The standard InChI is InChI=1S/C22H26BrF2NO/c1-22(2,14-15-12-16-6-3-4-7-17(16)13-15)26-10-5-11-27-21-18(23)8-9-19(24)20(21)25/h3-4,6-9,15,26H,5,10-14H2,1-2H3. The van der Waals surface area contributed by atoms with Crippen LogP contribution in [0.2, 0.25) is 0 Å². The van der Waals surface area contributed by atoms with Gasteiger partial charge in [0.05, 0.1) is 11.1 Å². The van der Waals surface area contributed by atoms with Gasteiger partial charge in [0.25, 0.3) is 0 Å². The van der Waals surface area contributed by atoms with E-state index in [4.69, 9.17) is 4.74 Å². The molecule has 0 aromatic heterocycles. The van der Waals surface area contributed by atoms with Gasteiger partial charge in [-0.3, -0.25) is 0 Å². The number of hydrogen-bond donors (Lipinski definition) is 1. The van der Waals surface area contributed by atoms with E-state index in [9.17, 15) is 8.78 Å². The second-order valence-electron chi connectivity index (χ2n) is 7.93. The van der Waals surface area contributed by atoms with E-state index in [-0.39, 0.29) is 11.3 Å². The summed E-state index contributed by atoms with van der Waals surface area (Å²) < 4.78 is 32.9. The Hall–Kier alpha value is -1.46. The number of halogens is 3. The van der Waals surface area contributed by atoms with E-state index in [1.807, 2.05) is 0 Å². The third-order valence-electron chi connectivity index (χ3n) is 5.11. The summed E-state index contributed by atoms with van der Waals surface area (Å²) in [6.45, 7) is 5.54. The monoisotopic (exact) mass is 437 g/mol. The minimum Gasteiger partial charge on any atom is -0.489 e. The summed E-state index contributed by atoms with van der Waals surface area (Å²) >= 11 is 3.20. The maximum Gasteiger partial charge on any atom is 0.201 e. The van der Waals surface area contributed by atoms with Crippen LogP contribution in [0.15, 0.2) is 40.9 Å². The quantitative estimate of drug-likeness (QED) is 0.424. The molecule has 0 atom stereocenters. The zero-order valence-corrected chi connectivity index (χ0v) is 17.4. The van der Waals surface area contributed by atoms with Gasteiger partial charge < -0.3 is 10.1 Å². The van der Waals surface area contributed by atoms with E-state index < -0.39 is 11.6 Å². The highest BCUT2D eigenvalue weighted by atomic mass is 79.9. The van der Waals surface area contributed by atoms with E-state index in [2.05, 4.69) is 59.4 Å².